The lowest BCUT2D eigenvalue weighted by Gasteiger charge is -2.23. The molecule has 12 heteroatoms. The van der Waals surface area contributed by atoms with Gasteiger partial charge in [-0.2, -0.15) is 0 Å². The standard InChI is InChI=1S/C27H25N3O8S/c1-13(2)38-19-10-9-17(11-14(19)3)22(31)20-21(16-7-6-8-18(12-16)30(35)36)29(25(33)23(20)32)27-28-15(4)24(39-27)26(34)37-5/h6-13,21,31H,1-5H3/b22-20+. The van der Waals surface area contributed by atoms with Crippen molar-refractivity contribution in [2.75, 3.05) is 12.0 Å². The number of aromatic nitrogens is 1. The zero-order chi connectivity index (χ0) is 28.6. The maximum absolute atomic E-state index is 13.4. The number of anilines is 1. The number of non-ortho nitro benzene ring substituents is 1. The number of thiazole rings is 1. The van der Waals surface area contributed by atoms with E-state index in [0.717, 1.165) is 16.2 Å². The molecular formula is C27H25N3O8S. The molecule has 202 valence electrons. The first-order valence-corrected chi connectivity index (χ1v) is 12.6. The molecule has 39 heavy (non-hydrogen) atoms. The number of hydrogen-bond donors (Lipinski definition) is 1. The van der Waals surface area contributed by atoms with Crippen LogP contribution >= 0.6 is 11.3 Å². The first-order chi connectivity index (χ1) is 18.4. The molecule has 4 rings (SSSR count). The number of nitro groups is 1. The minimum Gasteiger partial charge on any atom is -0.507 e. The Morgan fingerprint density at radius 1 is 1.18 bits per heavy atom. The highest BCUT2D eigenvalue weighted by Crippen LogP contribution is 2.44. The minimum atomic E-state index is -1.26. The van der Waals surface area contributed by atoms with E-state index in [1.54, 1.807) is 32.0 Å². The van der Waals surface area contributed by atoms with E-state index in [0.29, 0.717) is 11.3 Å². The van der Waals surface area contributed by atoms with E-state index in [2.05, 4.69) is 4.98 Å². The Morgan fingerprint density at radius 3 is 2.51 bits per heavy atom. The molecule has 1 unspecified atom stereocenters. The van der Waals surface area contributed by atoms with Gasteiger partial charge in [0.2, 0.25) is 0 Å². The Morgan fingerprint density at radius 2 is 1.90 bits per heavy atom. The van der Waals surface area contributed by atoms with Gasteiger partial charge in [-0.15, -0.1) is 0 Å². The predicted octanol–water partition coefficient (Wildman–Crippen LogP) is 4.87. The Hall–Kier alpha value is -4.58. The first kappa shape index (κ1) is 27.5. The number of ketones is 1. The molecule has 0 radical (unpaired) electrons. The summed E-state index contributed by atoms with van der Waals surface area (Å²) in [6.45, 7) is 7.08. The number of rotatable bonds is 7. The molecule has 1 saturated heterocycles. The largest absolute Gasteiger partial charge is 0.507 e. The molecule has 1 fully saturated rings. The van der Waals surface area contributed by atoms with Crippen molar-refractivity contribution in [3.8, 4) is 5.75 Å². The van der Waals surface area contributed by atoms with Crippen molar-refractivity contribution in [1.29, 1.82) is 0 Å². The summed E-state index contributed by atoms with van der Waals surface area (Å²) in [5.74, 6) is -2.55. The fraction of sp³-hybridized carbons (Fsp3) is 0.259. The van der Waals surface area contributed by atoms with Gasteiger partial charge < -0.3 is 14.6 Å². The van der Waals surface area contributed by atoms with Gasteiger partial charge in [0.15, 0.2) is 5.13 Å². The lowest BCUT2D eigenvalue weighted by atomic mass is 9.94. The molecule has 1 N–H and O–H groups in total. The van der Waals surface area contributed by atoms with Crippen LogP contribution in [0.2, 0.25) is 0 Å². The predicted molar refractivity (Wildman–Crippen MR) is 143 cm³/mol. The third-order valence-corrected chi connectivity index (χ3v) is 7.15. The Kier molecular flexibility index (Phi) is 7.50. The van der Waals surface area contributed by atoms with E-state index in [1.807, 2.05) is 13.8 Å². The second kappa shape index (κ2) is 10.7. The number of aliphatic hydroxyl groups excluding tert-OH is 1. The highest BCUT2D eigenvalue weighted by Gasteiger charge is 2.48. The molecule has 0 bridgehead atoms. The fourth-order valence-electron chi connectivity index (χ4n) is 4.26. The van der Waals surface area contributed by atoms with E-state index in [-0.39, 0.29) is 44.2 Å². The normalized spacial score (nSPS) is 16.6. The van der Waals surface area contributed by atoms with E-state index >= 15 is 0 Å². The van der Waals surface area contributed by atoms with E-state index in [1.165, 1.54) is 31.4 Å². The van der Waals surface area contributed by atoms with Crippen molar-refractivity contribution in [3.63, 3.8) is 0 Å². The van der Waals surface area contributed by atoms with Gasteiger partial charge in [-0.05, 0) is 57.0 Å². The maximum Gasteiger partial charge on any atom is 0.350 e. The highest BCUT2D eigenvalue weighted by atomic mass is 32.1. The topological polar surface area (TPSA) is 149 Å². The van der Waals surface area contributed by atoms with Crippen molar-refractivity contribution in [2.24, 2.45) is 0 Å². The Balaban J connectivity index is 1.93. The quantitative estimate of drug-likeness (QED) is 0.108. The number of nitrogens with zero attached hydrogens (tertiary/aromatic N) is 3. The Labute approximate surface area is 227 Å². The minimum absolute atomic E-state index is 0.00224. The summed E-state index contributed by atoms with van der Waals surface area (Å²) < 4.78 is 10.5. The van der Waals surface area contributed by atoms with Gasteiger partial charge >= 0.3 is 11.9 Å². The molecule has 11 nitrogen and oxygen atoms in total. The fourth-order valence-corrected chi connectivity index (χ4v) is 5.27. The van der Waals surface area contributed by atoms with Gasteiger partial charge in [0.05, 0.1) is 35.4 Å². The lowest BCUT2D eigenvalue weighted by molar-refractivity contribution is -0.384. The van der Waals surface area contributed by atoms with Crippen LogP contribution in [0.15, 0.2) is 48.0 Å². The zero-order valence-electron chi connectivity index (χ0n) is 21.8. The molecule has 1 aromatic heterocycles. The van der Waals surface area contributed by atoms with Gasteiger partial charge in [-0.3, -0.25) is 24.6 Å². The number of esters is 1. The van der Waals surface area contributed by atoms with E-state index in [4.69, 9.17) is 9.47 Å². The second-order valence-electron chi connectivity index (χ2n) is 9.07. The number of benzene rings is 2. The molecule has 1 atom stereocenters. The molecule has 1 aliphatic rings. The number of methoxy groups -OCH3 is 1. The smallest absolute Gasteiger partial charge is 0.350 e. The summed E-state index contributed by atoms with van der Waals surface area (Å²) in [7, 11) is 1.20. The second-order valence-corrected chi connectivity index (χ2v) is 10.0. The molecule has 2 heterocycles. The third kappa shape index (κ3) is 5.10. The zero-order valence-corrected chi connectivity index (χ0v) is 22.6. The summed E-state index contributed by atoms with van der Waals surface area (Å²) in [6, 6.07) is 9.00. The van der Waals surface area contributed by atoms with Crippen LogP contribution in [0.5, 0.6) is 5.75 Å². The maximum atomic E-state index is 13.4. The summed E-state index contributed by atoms with van der Waals surface area (Å²) >= 11 is 0.836. The van der Waals surface area contributed by atoms with Crippen LogP contribution in [0.1, 0.15) is 51.9 Å². The van der Waals surface area contributed by atoms with Crippen molar-refractivity contribution < 1.29 is 33.9 Å². The van der Waals surface area contributed by atoms with Crippen LogP contribution in [0, 0.1) is 24.0 Å². The van der Waals surface area contributed by atoms with Crippen LogP contribution in [0.4, 0.5) is 10.8 Å². The summed E-state index contributed by atoms with van der Waals surface area (Å²) in [5, 5.41) is 22.9. The average molecular weight is 552 g/mol. The Bertz CT molecular complexity index is 1540. The van der Waals surface area contributed by atoms with E-state index in [9.17, 15) is 29.6 Å². The molecule has 0 saturated carbocycles. The lowest BCUT2D eigenvalue weighted by Crippen LogP contribution is -2.29. The molecule has 0 aliphatic carbocycles. The van der Waals surface area contributed by atoms with Crippen molar-refractivity contribution in [1.82, 2.24) is 4.98 Å². The van der Waals surface area contributed by atoms with Gasteiger partial charge in [0.25, 0.3) is 11.5 Å². The van der Waals surface area contributed by atoms with Gasteiger partial charge in [-0.25, -0.2) is 9.78 Å². The van der Waals surface area contributed by atoms with Crippen LogP contribution < -0.4 is 9.64 Å². The first-order valence-electron chi connectivity index (χ1n) is 11.8. The monoisotopic (exact) mass is 551 g/mol. The number of hydrogen-bond acceptors (Lipinski definition) is 10. The molecule has 1 amide bonds. The number of carbonyl (C=O) groups excluding carboxylic acids is 3. The van der Waals surface area contributed by atoms with Crippen LogP contribution in [0.25, 0.3) is 5.76 Å². The highest BCUT2D eigenvalue weighted by molar-refractivity contribution is 7.17. The summed E-state index contributed by atoms with van der Waals surface area (Å²) in [5.41, 5.74) is 0.876. The molecule has 2 aromatic carbocycles. The van der Waals surface area contributed by atoms with Gasteiger partial charge in [0.1, 0.15) is 16.4 Å². The number of ether oxygens (including phenoxy) is 2. The van der Waals surface area contributed by atoms with Crippen molar-refractivity contribution in [2.45, 2.75) is 39.8 Å². The number of nitro benzene ring substituents is 1. The number of Topliss-reactive ketones (excluding diaryl/α,β-unsaturated/α-hetero) is 1. The average Bonchev–Trinajstić information content (AvgIpc) is 3.40. The number of amides is 1. The number of carbonyl (C=O) groups is 3. The molecule has 0 spiro atoms. The third-order valence-electron chi connectivity index (χ3n) is 6.01. The molecular weight excluding hydrogens is 526 g/mol. The number of aryl methyl sites for hydroxylation is 2. The summed E-state index contributed by atoms with van der Waals surface area (Å²) in [4.78, 5) is 55.4. The van der Waals surface area contributed by atoms with Crippen molar-refractivity contribution >= 4 is 45.6 Å². The summed E-state index contributed by atoms with van der Waals surface area (Å²) in [6.07, 6.45) is -0.0843. The SMILES string of the molecule is COC(=O)c1sc(N2C(=O)C(=O)/C(=C(/O)c3ccc(OC(C)C)c(C)c3)C2c2cccc([N+](=O)[O-])c2)nc1C. The van der Waals surface area contributed by atoms with Crippen LogP contribution in [-0.4, -0.2) is 45.9 Å². The van der Waals surface area contributed by atoms with E-state index < -0.39 is 34.4 Å². The van der Waals surface area contributed by atoms with Crippen molar-refractivity contribution in [3.05, 3.63) is 85.4 Å². The van der Waals surface area contributed by atoms with Crippen LogP contribution in [-0.2, 0) is 14.3 Å². The number of aliphatic hydroxyl groups is 1. The van der Waals surface area contributed by atoms with Gasteiger partial charge in [0, 0.05) is 17.7 Å². The molecule has 1 aliphatic heterocycles. The molecule has 3 aromatic rings. The van der Waals surface area contributed by atoms with Crippen LogP contribution in [0.3, 0.4) is 0 Å². The van der Waals surface area contributed by atoms with Gasteiger partial charge in [-0.1, -0.05) is 23.5 Å².